The highest BCUT2D eigenvalue weighted by molar-refractivity contribution is 9.10. The van der Waals surface area contributed by atoms with Crippen LogP contribution < -0.4 is 9.64 Å². The smallest absolute Gasteiger partial charge is 0.229 e. The molecule has 142 valence electrons. The molecule has 1 amide bonds. The fourth-order valence-corrected chi connectivity index (χ4v) is 5.11. The number of nitrogens with zero attached hydrogens (tertiary/aromatic N) is 3. The standard InChI is InChI=1S/C21H18BrN3O2S/c1-27-17-7-5-16(6-8-17)24-12-25-20(26)10-18(14-3-2-4-15(22)9-14)19(11-23)21(25)28-13-24/h2-9,18H,10,12-13H2,1H3/t18-/m0/s1. The van der Waals surface area contributed by atoms with Crippen molar-refractivity contribution < 1.29 is 9.53 Å². The van der Waals surface area contributed by atoms with Gasteiger partial charge in [0.25, 0.3) is 0 Å². The van der Waals surface area contributed by atoms with Gasteiger partial charge in [-0.3, -0.25) is 9.69 Å². The van der Waals surface area contributed by atoms with Gasteiger partial charge in [-0.2, -0.15) is 5.26 Å². The van der Waals surface area contributed by atoms with Crippen LogP contribution in [0.25, 0.3) is 0 Å². The fourth-order valence-electron chi connectivity index (χ4n) is 3.53. The zero-order valence-corrected chi connectivity index (χ0v) is 17.7. The number of benzene rings is 2. The first-order valence-electron chi connectivity index (χ1n) is 8.82. The number of hydrogen-bond donors (Lipinski definition) is 0. The third-order valence-electron chi connectivity index (χ3n) is 4.98. The molecule has 2 aliphatic rings. The summed E-state index contributed by atoms with van der Waals surface area (Å²) in [4.78, 5) is 16.8. The van der Waals surface area contributed by atoms with Gasteiger partial charge in [-0.05, 0) is 42.0 Å². The second-order valence-corrected chi connectivity index (χ2v) is 8.47. The van der Waals surface area contributed by atoms with Crippen LogP contribution in [0.1, 0.15) is 17.9 Å². The maximum absolute atomic E-state index is 12.9. The van der Waals surface area contributed by atoms with Crippen LogP contribution in [0.3, 0.4) is 0 Å². The van der Waals surface area contributed by atoms with Gasteiger partial charge in [-0.25, -0.2) is 0 Å². The van der Waals surface area contributed by atoms with Crippen molar-refractivity contribution in [1.29, 1.82) is 5.26 Å². The van der Waals surface area contributed by atoms with Crippen LogP contribution in [0.15, 0.2) is 63.6 Å². The molecule has 1 saturated heterocycles. The normalized spacial score (nSPS) is 19.3. The van der Waals surface area contributed by atoms with E-state index >= 15 is 0 Å². The molecule has 2 aromatic rings. The highest BCUT2D eigenvalue weighted by Crippen LogP contribution is 2.43. The molecule has 0 aliphatic carbocycles. The minimum absolute atomic E-state index is 0.0460. The number of ether oxygens (including phenoxy) is 1. The summed E-state index contributed by atoms with van der Waals surface area (Å²) in [5.74, 6) is 1.33. The SMILES string of the molecule is COc1ccc(N2CSC3=C(C#N)[C@H](c4cccc(Br)c4)CC(=O)N3C2)cc1. The third kappa shape index (κ3) is 3.50. The Morgan fingerprint density at radius 1 is 1.25 bits per heavy atom. The van der Waals surface area contributed by atoms with Crippen molar-refractivity contribution in [3.63, 3.8) is 0 Å². The van der Waals surface area contributed by atoms with Gasteiger partial charge in [-0.15, -0.1) is 0 Å². The fraction of sp³-hybridized carbons (Fsp3) is 0.238. The summed E-state index contributed by atoms with van der Waals surface area (Å²) in [6.07, 6.45) is 0.305. The van der Waals surface area contributed by atoms with Crippen LogP contribution >= 0.6 is 27.7 Å². The van der Waals surface area contributed by atoms with E-state index in [1.807, 2.05) is 48.5 Å². The Labute approximate surface area is 176 Å². The summed E-state index contributed by atoms with van der Waals surface area (Å²) >= 11 is 5.03. The van der Waals surface area contributed by atoms with E-state index in [0.29, 0.717) is 24.5 Å². The average molecular weight is 456 g/mol. The number of rotatable bonds is 3. The van der Waals surface area contributed by atoms with Crippen LogP contribution in [0.5, 0.6) is 5.75 Å². The molecule has 2 heterocycles. The van der Waals surface area contributed by atoms with Crippen molar-refractivity contribution in [2.24, 2.45) is 0 Å². The topological polar surface area (TPSA) is 56.6 Å². The lowest BCUT2D eigenvalue weighted by Gasteiger charge is -2.42. The highest BCUT2D eigenvalue weighted by Gasteiger charge is 2.38. The Kier molecular flexibility index (Phi) is 5.33. The predicted molar refractivity (Wildman–Crippen MR) is 114 cm³/mol. The second kappa shape index (κ2) is 7.90. The molecule has 0 unspecified atom stereocenters. The maximum atomic E-state index is 12.9. The number of anilines is 1. The van der Waals surface area contributed by atoms with Crippen LogP contribution in [0.2, 0.25) is 0 Å². The lowest BCUT2D eigenvalue weighted by molar-refractivity contribution is -0.129. The van der Waals surface area contributed by atoms with Gasteiger partial charge in [-0.1, -0.05) is 39.8 Å². The van der Waals surface area contributed by atoms with Crippen molar-refractivity contribution in [2.75, 3.05) is 24.6 Å². The van der Waals surface area contributed by atoms with Crippen LogP contribution in [0, 0.1) is 11.3 Å². The van der Waals surface area contributed by atoms with E-state index in [0.717, 1.165) is 26.5 Å². The Bertz CT molecular complexity index is 984. The Morgan fingerprint density at radius 2 is 2.04 bits per heavy atom. The minimum atomic E-state index is -0.193. The van der Waals surface area contributed by atoms with Crippen LogP contribution in [-0.4, -0.2) is 30.5 Å². The molecule has 28 heavy (non-hydrogen) atoms. The average Bonchev–Trinajstić information content (AvgIpc) is 2.73. The monoisotopic (exact) mass is 455 g/mol. The van der Waals surface area contributed by atoms with Crippen molar-refractivity contribution in [3.8, 4) is 11.8 Å². The predicted octanol–water partition coefficient (Wildman–Crippen LogP) is 4.68. The maximum Gasteiger partial charge on any atom is 0.229 e. The molecular formula is C21H18BrN3O2S. The van der Waals surface area contributed by atoms with E-state index in [4.69, 9.17) is 4.74 Å². The quantitative estimate of drug-likeness (QED) is 0.672. The number of allylic oxidation sites excluding steroid dienone is 1. The molecule has 4 rings (SSSR count). The molecule has 0 spiro atoms. The third-order valence-corrected chi connectivity index (χ3v) is 6.63. The minimum Gasteiger partial charge on any atom is -0.497 e. The first-order chi connectivity index (χ1) is 13.6. The lowest BCUT2D eigenvalue weighted by atomic mass is 9.86. The second-order valence-electron chi connectivity index (χ2n) is 6.62. The number of amides is 1. The number of carbonyl (C=O) groups is 1. The first kappa shape index (κ1) is 18.9. The van der Waals surface area contributed by atoms with Crippen LogP contribution in [0.4, 0.5) is 5.69 Å². The molecular weight excluding hydrogens is 438 g/mol. The van der Waals surface area contributed by atoms with Crippen molar-refractivity contribution in [3.05, 3.63) is 69.2 Å². The molecule has 1 atom stereocenters. The van der Waals surface area contributed by atoms with Crippen molar-refractivity contribution >= 4 is 39.3 Å². The van der Waals surface area contributed by atoms with E-state index in [1.54, 1.807) is 23.8 Å². The van der Waals surface area contributed by atoms with Gasteiger partial charge in [0.05, 0.1) is 36.3 Å². The zero-order valence-electron chi connectivity index (χ0n) is 15.3. The summed E-state index contributed by atoms with van der Waals surface area (Å²) < 4.78 is 6.16. The highest BCUT2D eigenvalue weighted by atomic mass is 79.9. The molecule has 0 radical (unpaired) electrons. The number of carbonyl (C=O) groups excluding carboxylic acids is 1. The molecule has 0 aromatic heterocycles. The van der Waals surface area contributed by atoms with Gasteiger partial charge < -0.3 is 9.64 Å². The Hall–Kier alpha value is -2.43. The molecule has 2 aromatic carbocycles. The largest absolute Gasteiger partial charge is 0.497 e. The van der Waals surface area contributed by atoms with E-state index in [1.165, 1.54) is 0 Å². The molecule has 1 fully saturated rings. The van der Waals surface area contributed by atoms with Gasteiger partial charge in [0.1, 0.15) is 5.75 Å². The van der Waals surface area contributed by atoms with E-state index in [2.05, 4.69) is 26.9 Å². The van der Waals surface area contributed by atoms with Crippen LogP contribution in [-0.2, 0) is 4.79 Å². The van der Waals surface area contributed by atoms with Crippen molar-refractivity contribution in [2.45, 2.75) is 12.3 Å². The molecule has 5 nitrogen and oxygen atoms in total. The Balaban J connectivity index is 1.64. The van der Waals surface area contributed by atoms with Crippen molar-refractivity contribution in [1.82, 2.24) is 4.90 Å². The number of thioether (sulfide) groups is 1. The van der Waals surface area contributed by atoms with Gasteiger partial charge in [0.15, 0.2) is 0 Å². The van der Waals surface area contributed by atoms with Gasteiger partial charge in [0.2, 0.25) is 5.91 Å². The van der Waals surface area contributed by atoms with Gasteiger partial charge >= 0.3 is 0 Å². The lowest BCUT2D eigenvalue weighted by Crippen LogP contribution is -2.47. The molecule has 7 heteroatoms. The van der Waals surface area contributed by atoms with Gasteiger partial charge in [0, 0.05) is 22.5 Å². The number of hydrogen-bond acceptors (Lipinski definition) is 5. The van der Waals surface area contributed by atoms with E-state index < -0.39 is 0 Å². The molecule has 0 saturated carbocycles. The van der Waals surface area contributed by atoms with E-state index in [-0.39, 0.29) is 11.8 Å². The summed E-state index contributed by atoms with van der Waals surface area (Å²) in [6, 6.07) is 18.0. The molecule has 2 aliphatic heterocycles. The molecule has 0 bridgehead atoms. The number of nitriles is 1. The number of halogens is 1. The van der Waals surface area contributed by atoms with E-state index in [9.17, 15) is 10.1 Å². The zero-order chi connectivity index (χ0) is 19.7. The summed E-state index contributed by atoms with van der Waals surface area (Å²) in [6.45, 7) is 0.448. The first-order valence-corrected chi connectivity index (χ1v) is 10.6. The Morgan fingerprint density at radius 3 is 2.71 bits per heavy atom. The molecule has 0 N–H and O–H groups in total. The summed E-state index contributed by atoms with van der Waals surface area (Å²) in [7, 11) is 1.64. The summed E-state index contributed by atoms with van der Waals surface area (Å²) in [5.41, 5.74) is 2.69. The number of fused-ring (bicyclic) bond motifs is 1. The summed E-state index contributed by atoms with van der Waals surface area (Å²) in [5, 5.41) is 10.6. The number of methoxy groups -OCH3 is 1.